The van der Waals surface area contributed by atoms with Crippen LogP contribution >= 0.6 is 0 Å². The molecule has 1 aliphatic heterocycles. The minimum Gasteiger partial charge on any atom is -0.495 e. The number of anilines is 1. The molecule has 1 amide bonds. The molecule has 1 unspecified atom stereocenters. The number of nitrogens with one attached hydrogen (secondary N) is 1. The number of hydrogen-bond acceptors (Lipinski definition) is 5. The van der Waals surface area contributed by atoms with Gasteiger partial charge in [-0.1, -0.05) is 0 Å². The van der Waals surface area contributed by atoms with Gasteiger partial charge < -0.3 is 14.8 Å². The quantitative estimate of drug-likeness (QED) is 0.893. The van der Waals surface area contributed by atoms with Crippen molar-refractivity contribution in [2.24, 2.45) is 0 Å². The molecule has 0 bridgehead atoms. The van der Waals surface area contributed by atoms with Gasteiger partial charge in [0.25, 0.3) is 0 Å². The third kappa shape index (κ3) is 3.57. The molecule has 1 atom stereocenters. The van der Waals surface area contributed by atoms with E-state index in [2.05, 4.69) is 5.32 Å². The molecule has 8 heteroatoms. The smallest absolute Gasteiger partial charge is 0.243 e. The molecule has 0 spiro atoms. The average molecular weight is 328 g/mol. The zero-order valence-electron chi connectivity index (χ0n) is 12.8. The van der Waals surface area contributed by atoms with Crippen molar-refractivity contribution >= 4 is 21.6 Å². The zero-order valence-corrected chi connectivity index (χ0v) is 13.6. The molecular weight excluding hydrogens is 308 g/mol. The molecule has 1 N–H and O–H groups in total. The van der Waals surface area contributed by atoms with Crippen molar-refractivity contribution in [3.05, 3.63) is 18.2 Å². The summed E-state index contributed by atoms with van der Waals surface area (Å²) >= 11 is 0. The van der Waals surface area contributed by atoms with E-state index >= 15 is 0 Å². The van der Waals surface area contributed by atoms with Gasteiger partial charge in [-0.25, -0.2) is 8.42 Å². The molecule has 0 aliphatic carbocycles. The van der Waals surface area contributed by atoms with E-state index in [1.807, 2.05) is 6.92 Å². The first kappa shape index (κ1) is 16.7. The van der Waals surface area contributed by atoms with Gasteiger partial charge in [0.2, 0.25) is 15.9 Å². The van der Waals surface area contributed by atoms with Gasteiger partial charge in [-0.05, 0) is 25.1 Å². The van der Waals surface area contributed by atoms with Crippen LogP contribution in [0, 0.1) is 0 Å². The second-order valence-corrected chi connectivity index (χ2v) is 7.03. The number of benzene rings is 1. The summed E-state index contributed by atoms with van der Waals surface area (Å²) in [6.45, 7) is 4.18. The Morgan fingerprint density at radius 1 is 1.45 bits per heavy atom. The largest absolute Gasteiger partial charge is 0.495 e. The van der Waals surface area contributed by atoms with Gasteiger partial charge in [0.15, 0.2) is 0 Å². The van der Waals surface area contributed by atoms with Crippen LogP contribution in [0.5, 0.6) is 5.75 Å². The number of rotatable bonds is 4. The van der Waals surface area contributed by atoms with E-state index in [0.29, 0.717) is 31.1 Å². The van der Waals surface area contributed by atoms with Crippen molar-refractivity contribution < 1.29 is 22.7 Å². The first-order valence-corrected chi connectivity index (χ1v) is 8.36. The highest BCUT2D eigenvalue weighted by Crippen LogP contribution is 2.29. The summed E-state index contributed by atoms with van der Waals surface area (Å²) in [6, 6.07) is 4.41. The lowest BCUT2D eigenvalue weighted by Crippen LogP contribution is -2.44. The molecule has 0 aromatic heterocycles. The Morgan fingerprint density at radius 2 is 2.18 bits per heavy atom. The molecule has 1 saturated heterocycles. The number of amides is 1. The van der Waals surface area contributed by atoms with Crippen LogP contribution in [0.2, 0.25) is 0 Å². The van der Waals surface area contributed by atoms with Crippen LogP contribution in [0.3, 0.4) is 0 Å². The minimum absolute atomic E-state index is 0.117. The Labute approximate surface area is 130 Å². The molecule has 122 valence electrons. The summed E-state index contributed by atoms with van der Waals surface area (Å²) in [5.41, 5.74) is 0.331. The van der Waals surface area contributed by atoms with E-state index in [0.717, 1.165) is 0 Å². The Bertz CT molecular complexity index is 659. The third-order valence-corrected chi connectivity index (χ3v) is 5.18. The molecule has 0 radical (unpaired) electrons. The van der Waals surface area contributed by atoms with Gasteiger partial charge in [0, 0.05) is 20.0 Å². The van der Waals surface area contributed by atoms with Crippen LogP contribution in [0.4, 0.5) is 5.69 Å². The highest BCUT2D eigenvalue weighted by molar-refractivity contribution is 7.89. The number of nitrogens with zero attached hydrogens (tertiary/aromatic N) is 1. The summed E-state index contributed by atoms with van der Waals surface area (Å²) in [4.78, 5) is 11.4. The minimum atomic E-state index is -3.63. The number of ether oxygens (including phenoxy) is 2. The fourth-order valence-corrected chi connectivity index (χ4v) is 3.81. The van der Waals surface area contributed by atoms with Gasteiger partial charge in [0.1, 0.15) is 5.75 Å². The Hall–Kier alpha value is -1.64. The standard InChI is InChI=1S/C14H20N2O5S/c1-10-9-16(6-7-21-10)22(18,19)12-4-5-14(20-3)13(8-12)15-11(2)17/h4-5,8,10H,6-7,9H2,1-3H3,(H,15,17). The molecule has 2 rings (SSSR count). The summed E-state index contributed by atoms with van der Waals surface area (Å²) in [6.07, 6.45) is -0.142. The van der Waals surface area contributed by atoms with Crippen molar-refractivity contribution in [1.29, 1.82) is 0 Å². The zero-order chi connectivity index (χ0) is 16.3. The fraction of sp³-hybridized carbons (Fsp3) is 0.500. The van der Waals surface area contributed by atoms with E-state index in [9.17, 15) is 13.2 Å². The van der Waals surface area contributed by atoms with Gasteiger partial charge in [0.05, 0.1) is 30.4 Å². The molecule has 1 aromatic rings. The normalized spacial score (nSPS) is 19.7. The first-order valence-electron chi connectivity index (χ1n) is 6.92. The second-order valence-electron chi connectivity index (χ2n) is 5.09. The number of hydrogen-bond donors (Lipinski definition) is 1. The highest BCUT2D eigenvalue weighted by atomic mass is 32.2. The maximum atomic E-state index is 12.7. The van der Waals surface area contributed by atoms with E-state index < -0.39 is 10.0 Å². The lowest BCUT2D eigenvalue weighted by Gasteiger charge is -2.30. The number of carbonyl (C=O) groups is 1. The Balaban J connectivity index is 2.36. The number of morpholine rings is 1. The van der Waals surface area contributed by atoms with Crippen LogP contribution in [-0.2, 0) is 19.6 Å². The maximum Gasteiger partial charge on any atom is 0.243 e. The molecule has 7 nitrogen and oxygen atoms in total. The van der Waals surface area contributed by atoms with Crippen molar-refractivity contribution in [1.82, 2.24) is 4.31 Å². The van der Waals surface area contributed by atoms with Gasteiger partial charge in [-0.15, -0.1) is 0 Å². The van der Waals surface area contributed by atoms with E-state index in [4.69, 9.17) is 9.47 Å². The Kier molecular flexibility index (Phi) is 5.05. The van der Waals surface area contributed by atoms with Crippen LogP contribution in [-0.4, -0.2) is 51.5 Å². The molecule has 22 heavy (non-hydrogen) atoms. The van der Waals surface area contributed by atoms with Gasteiger partial charge in [-0.2, -0.15) is 4.31 Å². The van der Waals surface area contributed by atoms with Crippen molar-refractivity contribution in [2.75, 3.05) is 32.1 Å². The highest BCUT2D eigenvalue weighted by Gasteiger charge is 2.29. The maximum absolute atomic E-state index is 12.7. The molecule has 1 aliphatic rings. The Morgan fingerprint density at radius 3 is 2.77 bits per heavy atom. The lowest BCUT2D eigenvalue weighted by atomic mass is 10.3. The summed E-state index contributed by atoms with van der Waals surface area (Å²) in [5.74, 6) is 0.109. The molecule has 1 heterocycles. The van der Waals surface area contributed by atoms with E-state index in [1.165, 1.54) is 36.5 Å². The summed E-state index contributed by atoms with van der Waals surface area (Å²) in [5, 5.41) is 2.58. The van der Waals surface area contributed by atoms with Crippen LogP contribution in [0.1, 0.15) is 13.8 Å². The van der Waals surface area contributed by atoms with E-state index in [1.54, 1.807) is 0 Å². The molecule has 0 saturated carbocycles. The van der Waals surface area contributed by atoms with E-state index in [-0.39, 0.29) is 16.9 Å². The topological polar surface area (TPSA) is 84.9 Å². The van der Waals surface area contributed by atoms with Gasteiger partial charge >= 0.3 is 0 Å². The summed E-state index contributed by atoms with van der Waals surface area (Å²) < 4.78 is 37.3. The number of sulfonamides is 1. The molecule has 1 fully saturated rings. The first-order chi connectivity index (χ1) is 10.3. The SMILES string of the molecule is COc1ccc(S(=O)(=O)N2CCOC(C)C2)cc1NC(C)=O. The van der Waals surface area contributed by atoms with Gasteiger partial charge in [-0.3, -0.25) is 4.79 Å². The third-order valence-electron chi connectivity index (χ3n) is 3.32. The second kappa shape index (κ2) is 6.64. The van der Waals surface area contributed by atoms with Crippen molar-refractivity contribution in [2.45, 2.75) is 24.8 Å². The predicted molar refractivity (Wildman–Crippen MR) is 81.5 cm³/mol. The molecular formula is C14H20N2O5S. The van der Waals surface area contributed by atoms with Crippen LogP contribution < -0.4 is 10.1 Å². The van der Waals surface area contributed by atoms with Crippen molar-refractivity contribution in [3.63, 3.8) is 0 Å². The predicted octanol–water partition coefficient (Wildman–Crippen LogP) is 1.06. The number of methoxy groups -OCH3 is 1. The number of carbonyl (C=O) groups excluding carboxylic acids is 1. The van der Waals surface area contributed by atoms with Crippen LogP contribution in [0.15, 0.2) is 23.1 Å². The average Bonchev–Trinajstić information content (AvgIpc) is 2.46. The lowest BCUT2D eigenvalue weighted by molar-refractivity contribution is -0.114. The van der Waals surface area contributed by atoms with Crippen LogP contribution in [0.25, 0.3) is 0 Å². The fourth-order valence-electron chi connectivity index (χ4n) is 2.29. The summed E-state index contributed by atoms with van der Waals surface area (Å²) in [7, 11) is -2.17. The van der Waals surface area contributed by atoms with Crippen molar-refractivity contribution in [3.8, 4) is 5.75 Å². The monoisotopic (exact) mass is 328 g/mol. The molecule has 1 aromatic carbocycles.